The van der Waals surface area contributed by atoms with Crippen molar-refractivity contribution in [1.82, 2.24) is 4.57 Å². The maximum Gasteiger partial charge on any atom is 0.330 e. The second kappa shape index (κ2) is 6.37. The number of methoxy groups -OCH3 is 1. The molecule has 1 aromatic rings. The number of Topliss-reactive ketones (excluding diaryl/α,β-unsaturated/α-hetero) is 1. The SMILES string of the molecule is COC(=O)/C=C(C)/C=C/c1c(C)c(C(C)=O)c(C)n1C. The number of esters is 1. The molecule has 4 heteroatoms. The van der Waals surface area contributed by atoms with Crippen LogP contribution in [0.5, 0.6) is 0 Å². The van der Waals surface area contributed by atoms with E-state index in [1.54, 1.807) is 6.92 Å². The van der Waals surface area contributed by atoms with Crippen molar-refractivity contribution >= 4 is 17.8 Å². The number of hydrogen-bond donors (Lipinski definition) is 0. The van der Waals surface area contributed by atoms with Gasteiger partial charge in [0.1, 0.15) is 0 Å². The number of ether oxygens (including phenoxy) is 1. The third-order valence-electron chi connectivity index (χ3n) is 3.39. The minimum Gasteiger partial charge on any atom is -0.466 e. The number of carbonyl (C=O) groups excluding carboxylic acids is 2. The van der Waals surface area contributed by atoms with Gasteiger partial charge < -0.3 is 9.30 Å². The molecule has 0 spiro atoms. The van der Waals surface area contributed by atoms with Crippen molar-refractivity contribution in [3.05, 3.63) is 40.2 Å². The van der Waals surface area contributed by atoms with Crippen LogP contribution in [0.1, 0.15) is 41.2 Å². The average molecular weight is 275 g/mol. The molecule has 0 N–H and O–H groups in total. The van der Waals surface area contributed by atoms with Crippen LogP contribution in [0.4, 0.5) is 0 Å². The van der Waals surface area contributed by atoms with Crippen molar-refractivity contribution in [2.75, 3.05) is 7.11 Å². The zero-order valence-corrected chi connectivity index (χ0v) is 12.9. The van der Waals surface area contributed by atoms with Gasteiger partial charge in [-0.25, -0.2) is 4.79 Å². The van der Waals surface area contributed by atoms with E-state index in [0.29, 0.717) is 0 Å². The molecule has 0 saturated carbocycles. The van der Waals surface area contributed by atoms with Crippen LogP contribution in [0.15, 0.2) is 17.7 Å². The first-order valence-electron chi connectivity index (χ1n) is 6.40. The zero-order chi connectivity index (χ0) is 15.4. The summed E-state index contributed by atoms with van der Waals surface area (Å²) in [5.41, 5.74) is 4.43. The minimum atomic E-state index is -0.378. The minimum absolute atomic E-state index is 0.0667. The highest BCUT2D eigenvalue weighted by atomic mass is 16.5. The van der Waals surface area contributed by atoms with Gasteiger partial charge in [0.15, 0.2) is 5.78 Å². The molecule has 0 aliphatic rings. The topological polar surface area (TPSA) is 48.3 Å². The lowest BCUT2D eigenvalue weighted by atomic mass is 10.1. The van der Waals surface area contributed by atoms with E-state index >= 15 is 0 Å². The molecule has 1 aromatic heterocycles. The highest BCUT2D eigenvalue weighted by Crippen LogP contribution is 2.23. The van der Waals surface area contributed by atoms with E-state index in [1.807, 2.05) is 44.5 Å². The van der Waals surface area contributed by atoms with Crippen LogP contribution in [0, 0.1) is 13.8 Å². The van der Waals surface area contributed by atoms with E-state index in [1.165, 1.54) is 13.2 Å². The molecule has 1 rings (SSSR count). The Bertz CT molecular complexity index is 604. The lowest BCUT2D eigenvalue weighted by Gasteiger charge is -2.01. The lowest BCUT2D eigenvalue weighted by molar-refractivity contribution is -0.134. The first kappa shape index (κ1) is 16.0. The van der Waals surface area contributed by atoms with Gasteiger partial charge in [0.25, 0.3) is 0 Å². The van der Waals surface area contributed by atoms with Gasteiger partial charge in [0.05, 0.1) is 7.11 Å². The summed E-state index contributed by atoms with van der Waals surface area (Å²) in [6.45, 7) is 7.26. The van der Waals surface area contributed by atoms with E-state index < -0.39 is 0 Å². The Morgan fingerprint density at radius 1 is 1.20 bits per heavy atom. The van der Waals surface area contributed by atoms with Crippen molar-refractivity contribution < 1.29 is 14.3 Å². The highest BCUT2D eigenvalue weighted by Gasteiger charge is 2.16. The molecule has 0 aromatic carbocycles. The summed E-state index contributed by atoms with van der Waals surface area (Å²) in [4.78, 5) is 22.8. The molecule has 0 saturated heterocycles. The monoisotopic (exact) mass is 275 g/mol. The Hall–Kier alpha value is -2.10. The number of rotatable bonds is 4. The number of aromatic nitrogens is 1. The predicted octanol–water partition coefficient (Wildman–Crippen LogP) is 2.98. The Kier molecular flexibility index (Phi) is 5.08. The fourth-order valence-corrected chi connectivity index (χ4v) is 2.26. The summed E-state index contributed by atoms with van der Waals surface area (Å²) < 4.78 is 6.56. The van der Waals surface area contributed by atoms with Gasteiger partial charge in [0, 0.05) is 30.1 Å². The molecule has 1 heterocycles. The van der Waals surface area contributed by atoms with Gasteiger partial charge in [-0.05, 0) is 44.9 Å². The summed E-state index contributed by atoms with van der Waals surface area (Å²) in [5, 5.41) is 0. The third-order valence-corrected chi connectivity index (χ3v) is 3.39. The van der Waals surface area contributed by atoms with Crippen LogP contribution in [0.25, 0.3) is 6.08 Å². The Labute approximate surface area is 119 Å². The van der Waals surface area contributed by atoms with Crippen molar-refractivity contribution in [1.29, 1.82) is 0 Å². The van der Waals surface area contributed by atoms with Gasteiger partial charge >= 0.3 is 5.97 Å². The second-order valence-corrected chi connectivity index (χ2v) is 4.83. The molecule has 108 valence electrons. The molecule has 0 bridgehead atoms. The maximum atomic E-state index is 11.7. The largest absolute Gasteiger partial charge is 0.466 e. The standard InChI is InChI=1S/C16H21NO3/c1-10(9-15(19)20-6)7-8-14-11(2)16(13(4)18)12(3)17(14)5/h7-9H,1-6H3/b8-7+,10-9+. The van der Waals surface area contributed by atoms with E-state index in [9.17, 15) is 9.59 Å². The quantitative estimate of drug-likeness (QED) is 0.367. The molecular weight excluding hydrogens is 254 g/mol. The summed E-state index contributed by atoms with van der Waals surface area (Å²) in [5.74, 6) is -0.312. The molecule has 0 unspecified atom stereocenters. The van der Waals surface area contributed by atoms with Gasteiger partial charge in [-0.3, -0.25) is 4.79 Å². The molecule has 20 heavy (non-hydrogen) atoms. The first-order valence-corrected chi connectivity index (χ1v) is 6.40. The maximum absolute atomic E-state index is 11.7. The summed E-state index contributed by atoms with van der Waals surface area (Å²) >= 11 is 0. The van der Waals surface area contributed by atoms with E-state index in [2.05, 4.69) is 4.74 Å². The number of nitrogens with zero attached hydrogens (tertiary/aromatic N) is 1. The van der Waals surface area contributed by atoms with Crippen molar-refractivity contribution in [2.45, 2.75) is 27.7 Å². The Balaban J connectivity index is 3.17. The van der Waals surface area contributed by atoms with Crippen molar-refractivity contribution in [3.8, 4) is 0 Å². The smallest absolute Gasteiger partial charge is 0.330 e. The Morgan fingerprint density at radius 3 is 2.25 bits per heavy atom. The van der Waals surface area contributed by atoms with Crippen molar-refractivity contribution in [2.24, 2.45) is 7.05 Å². The molecule has 0 fully saturated rings. The molecule has 0 aliphatic heterocycles. The van der Waals surface area contributed by atoms with Crippen LogP contribution in [-0.2, 0) is 16.6 Å². The molecule has 0 atom stereocenters. The van der Waals surface area contributed by atoms with Gasteiger partial charge in [-0.1, -0.05) is 6.08 Å². The van der Waals surface area contributed by atoms with E-state index in [-0.39, 0.29) is 11.8 Å². The number of ketones is 1. The fourth-order valence-electron chi connectivity index (χ4n) is 2.26. The molecule has 0 amide bonds. The van der Waals surface area contributed by atoms with Gasteiger partial charge in [-0.15, -0.1) is 0 Å². The van der Waals surface area contributed by atoms with Gasteiger partial charge in [-0.2, -0.15) is 0 Å². The molecule has 4 nitrogen and oxygen atoms in total. The predicted molar refractivity (Wildman–Crippen MR) is 79.7 cm³/mol. The van der Waals surface area contributed by atoms with Crippen LogP contribution in [0.2, 0.25) is 0 Å². The fraction of sp³-hybridized carbons (Fsp3) is 0.375. The highest BCUT2D eigenvalue weighted by molar-refractivity contribution is 5.97. The Morgan fingerprint density at radius 2 is 1.80 bits per heavy atom. The molecular formula is C16H21NO3. The summed E-state index contributed by atoms with van der Waals surface area (Å²) in [6.07, 6.45) is 5.17. The third kappa shape index (κ3) is 3.26. The number of hydrogen-bond acceptors (Lipinski definition) is 3. The van der Waals surface area contributed by atoms with Crippen molar-refractivity contribution in [3.63, 3.8) is 0 Å². The second-order valence-electron chi connectivity index (χ2n) is 4.83. The first-order chi connectivity index (χ1) is 9.29. The van der Waals surface area contributed by atoms with Crippen LogP contribution >= 0.6 is 0 Å². The summed E-state index contributed by atoms with van der Waals surface area (Å²) in [6, 6.07) is 0. The van der Waals surface area contributed by atoms with E-state index in [0.717, 1.165) is 28.1 Å². The molecule has 0 radical (unpaired) electrons. The average Bonchev–Trinajstić information content (AvgIpc) is 2.58. The normalized spacial score (nSPS) is 12.0. The lowest BCUT2D eigenvalue weighted by Crippen LogP contribution is -1.97. The van der Waals surface area contributed by atoms with Crippen LogP contribution in [-0.4, -0.2) is 23.4 Å². The molecule has 0 aliphatic carbocycles. The van der Waals surface area contributed by atoms with Crippen LogP contribution in [0.3, 0.4) is 0 Å². The van der Waals surface area contributed by atoms with Crippen LogP contribution < -0.4 is 0 Å². The number of allylic oxidation sites excluding steroid dienone is 2. The zero-order valence-electron chi connectivity index (χ0n) is 12.9. The number of carbonyl (C=O) groups is 2. The van der Waals surface area contributed by atoms with E-state index in [4.69, 9.17) is 0 Å². The summed E-state index contributed by atoms with van der Waals surface area (Å²) in [7, 11) is 3.27. The van der Waals surface area contributed by atoms with Gasteiger partial charge in [0.2, 0.25) is 0 Å².